The second-order valence-electron chi connectivity index (χ2n) is 6.80. The molecule has 2 atom stereocenters. The van der Waals surface area contributed by atoms with Crippen molar-refractivity contribution in [2.24, 2.45) is 11.8 Å². The first-order valence-electron chi connectivity index (χ1n) is 9.32. The monoisotopic (exact) mass is 394 g/mol. The fraction of sp³-hybridized carbons (Fsp3) is 0.391. The summed E-state index contributed by atoms with van der Waals surface area (Å²) in [7, 11) is 0. The van der Waals surface area contributed by atoms with Gasteiger partial charge in [-0.3, -0.25) is 0 Å². The van der Waals surface area contributed by atoms with Gasteiger partial charge >= 0.3 is 0 Å². The average molecular weight is 394 g/mol. The summed E-state index contributed by atoms with van der Waals surface area (Å²) in [6, 6.07) is 2.81. The summed E-state index contributed by atoms with van der Waals surface area (Å²) >= 11 is 0. The maximum absolute atomic E-state index is 14.2. The molecule has 0 fully saturated rings. The van der Waals surface area contributed by atoms with Gasteiger partial charge in [0.2, 0.25) is 5.82 Å². The van der Waals surface area contributed by atoms with Gasteiger partial charge in [-0.05, 0) is 49.3 Å². The summed E-state index contributed by atoms with van der Waals surface area (Å²) < 4.78 is 52.4. The molecule has 0 radical (unpaired) electrons. The Kier molecular flexibility index (Phi) is 9.63. The van der Waals surface area contributed by atoms with Crippen molar-refractivity contribution in [3.05, 3.63) is 72.3 Å². The summed E-state index contributed by atoms with van der Waals surface area (Å²) in [4.78, 5) is 0. The summed E-state index contributed by atoms with van der Waals surface area (Å²) in [5.74, 6) is -2.33. The van der Waals surface area contributed by atoms with E-state index in [1.54, 1.807) is 6.92 Å². The molecule has 2 unspecified atom stereocenters. The van der Waals surface area contributed by atoms with E-state index in [4.69, 9.17) is 9.47 Å². The van der Waals surface area contributed by atoms with Crippen LogP contribution in [0, 0.1) is 23.5 Å². The largest absolute Gasteiger partial charge is 0.494 e. The minimum absolute atomic E-state index is 0.0715. The minimum atomic E-state index is -1.02. The molecule has 5 heteroatoms. The molecular formula is C23H29F3O2. The van der Waals surface area contributed by atoms with Crippen LogP contribution in [0.5, 0.6) is 5.75 Å². The molecule has 2 nitrogen and oxygen atoms in total. The molecule has 0 amide bonds. The highest BCUT2D eigenvalue weighted by atomic mass is 19.2. The van der Waals surface area contributed by atoms with Gasteiger partial charge in [-0.2, -0.15) is 4.39 Å². The van der Waals surface area contributed by atoms with E-state index in [1.165, 1.54) is 24.3 Å². The van der Waals surface area contributed by atoms with Crippen LogP contribution >= 0.6 is 0 Å². The highest BCUT2D eigenvalue weighted by molar-refractivity contribution is 5.50. The van der Waals surface area contributed by atoms with Crippen molar-refractivity contribution in [2.45, 2.75) is 33.6 Å². The Morgan fingerprint density at radius 2 is 1.82 bits per heavy atom. The number of hydrogen-bond acceptors (Lipinski definition) is 2. The van der Waals surface area contributed by atoms with Gasteiger partial charge in [-0.15, -0.1) is 0 Å². The maximum Gasteiger partial charge on any atom is 0.201 e. The lowest BCUT2D eigenvalue weighted by Gasteiger charge is -2.18. The van der Waals surface area contributed by atoms with Gasteiger partial charge in [-0.1, -0.05) is 39.7 Å². The fourth-order valence-electron chi connectivity index (χ4n) is 2.54. The maximum atomic E-state index is 14.2. The Balaban J connectivity index is 2.53. The minimum Gasteiger partial charge on any atom is -0.494 e. The Morgan fingerprint density at radius 3 is 2.43 bits per heavy atom. The third-order valence-corrected chi connectivity index (χ3v) is 4.43. The van der Waals surface area contributed by atoms with Crippen LogP contribution in [-0.4, -0.2) is 13.2 Å². The van der Waals surface area contributed by atoms with Gasteiger partial charge in [0.25, 0.3) is 0 Å². The van der Waals surface area contributed by atoms with Gasteiger partial charge in [0, 0.05) is 11.6 Å². The predicted molar refractivity (Wildman–Crippen MR) is 109 cm³/mol. The highest BCUT2D eigenvalue weighted by Crippen LogP contribution is 2.27. The fourth-order valence-corrected chi connectivity index (χ4v) is 2.54. The predicted octanol–water partition coefficient (Wildman–Crippen LogP) is 7.00. The van der Waals surface area contributed by atoms with Crippen LogP contribution in [0.15, 0.2) is 55.1 Å². The van der Waals surface area contributed by atoms with E-state index in [2.05, 4.69) is 19.7 Å². The topological polar surface area (TPSA) is 18.5 Å². The molecule has 0 saturated heterocycles. The third kappa shape index (κ3) is 6.95. The molecule has 0 N–H and O–H groups in total. The average Bonchev–Trinajstić information content (AvgIpc) is 2.66. The lowest BCUT2D eigenvalue weighted by Crippen LogP contribution is -2.12. The molecule has 0 bridgehead atoms. The first-order valence-corrected chi connectivity index (χ1v) is 9.32. The van der Waals surface area contributed by atoms with Crippen molar-refractivity contribution in [3.63, 3.8) is 0 Å². The molecule has 0 heterocycles. The first kappa shape index (κ1) is 23.6. The molecule has 28 heavy (non-hydrogen) atoms. The number of rotatable bonds is 12. The second kappa shape index (κ2) is 11.4. The zero-order chi connectivity index (χ0) is 21.3. The van der Waals surface area contributed by atoms with Crippen molar-refractivity contribution in [1.29, 1.82) is 0 Å². The van der Waals surface area contributed by atoms with Crippen LogP contribution in [0.2, 0.25) is 0 Å². The van der Waals surface area contributed by atoms with Gasteiger partial charge in [0.1, 0.15) is 11.6 Å². The van der Waals surface area contributed by atoms with E-state index < -0.39 is 17.5 Å². The zero-order valence-electron chi connectivity index (χ0n) is 16.9. The van der Waals surface area contributed by atoms with E-state index >= 15 is 0 Å². The highest BCUT2D eigenvalue weighted by Gasteiger charge is 2.16. The van der Waals surface area contributed by atoms with Crippen molar-refractivity contribution in [1.82, 2.24) is 0 Å². The Bertz CT molecular complexity index is 738. The summed E-state index contributed by atoms with van der Waals surface area (Å²) in [5, 5.41) is 0. The lowest BCUT2D eigenvalue weighted by atomic mass is 9.92. The van der Waals surface area contributed by atoms with Gasteiger partial charge < -0.3 is 9.47 Å². The summed E-state index contributed by atoms with van der Waals surface area (Å²) in [6.07, 6.45) is 3.88. The van der Waals surface area contributed by atoms with Crippen LogP contribution in [0.4, 0.5) is 13.2 Å². The summed E-state index contributed by atoms with van der Waals surface area (Å²) in [6.45, 7) is 17.1. The molecule has 0 aliphatic heterocycles. The smallest absolute Gasteiger partial charge is 0.201 e. The quantitative estimate of drug-likeness (QED) is 0.281. The van der Waals surface area contributed by atoms with E-state index in [9.17, 15) is 13.2 Å². The van der Waals surface area contributed by atoms with Crippen LogP contribution in [0.25, 0.3) is 6.08 Å². The number of halogens is 3. The molecule has 0 spiro atoms. The van der Waals surface area contributed by atoms with Crippen molar-refractivity contribution in [2.75, 3.05) is 13.2 Å². The van der Waals surface area contributed by atoms with Crippen LogP contribution < -0.4 is 4.74 Å². The lowest BCUT2D eigenvalue weighted by molar-refractivity contribution is 0.233. The SMILES string of the molecule is C=Cc1ccc(OCC(C)CCC(C)C(=C)/C(F)=C\C(=C)OCC)c(F)c1F. The Hall–Kier alpha value is -2.43. The molecule has 1 aromatic carbocycles. The molecule has 0 aliphatic carbocycles. The third-order valence-electron chi connectivity index (χ3n) is 4.43. The number of benzene rings is 1. The van der Waals surface area contributed by atoms with Crippen LogP contribution in [-0.2, 0) is 4.74 Å². The molecule has 154 valence electrons. The first-order chi connectivity index (χ1) is 13.2. The van der Waals surface area contributed by atoms with E-state index in [0.717, 1.165) is 0 Å². The molecule has 1 rings (SSSR count). The van der Waals surface area contributed by atoms with E-state index in [-0.39, 0.29) is 35.5 Å². The molecule has 1 aromatic rings. The second-order valence-corrected chi connectivity index (χ2v) is 6.80. The molecule has 0 aliphatic rings. The van der Waals surface area contributed by atoms with Gasteiger partial charge in [0.15, 0.2) is 11.6 Å². The summed E-state index contributed by atoms with van der Waals surface area (Å²) in [5.41, 5.74) is 0.467. The van der Waals surface area contributed by atoms with E-state index in [1.807, 2.05) is 13.8 Å². The Labute approximate surface area is 166 Å². The van der Waals surface area contributed by atoms with Crippen molar-refractivity contribution >= 4 is 6.08 Å². The van der Waals surface area contributed by atoms with Gasteiger partial charge in [-0.25, -0.2) is 8.78 Å². The van der Waals surface area contributed by atoms with Crippen LogP contribution in [0.1, 0.15) is 39.2 Å². The number of allylic oxidation sites excluding steroid dienone is 3. The van der Waals surface area contributed by atoms with Gasteiger partial charge in [0.05, 0.1) is 13.2 Å². The normalized spacial score (nSPS) is 13.6. The standard InChI is InChI=1S/C23H29F3O2/c1-7-19-11-12-21(23(26)22(19)25)28-14-15(3)9-10-16(4)18(6)20(24)13-17(5)27-8-2/h7,11-13,15-16H,1,5-6,8-10,14H2,2-4H3/b20-13+. The van der Waals surface area contributed by atoms with Crippen molar-refractivity contribution < 1.29 is 22.6 Å². The van der Waals surface area contributed by atoms with Crippen LogP contribution in [0.3, 0.4) is 0 Å². The number of hydrogen-bond donors (Lipinski definition) is 0. The zero-order valence-corrected chi connectivity index (χ0v) is 16.9. The van der Waals surface area contributed by atoms with Crippen molar-refractivity contribution in [3.8, 4) is 5.75 Å². The molecular weight excluding hydrogens is 365 g/mol. The molecule has 0 aromatic heterocycles. The number of ether oxygens (including phenoxy) is 2. The van der Waals surface area contributed by atoms with E-state index in [0.29, 0.717) is 25.0 Å². The Morgan fingerprint density at radius 1 is 1.14 bits per heavy atom. The molecule has 0 saturated carbocycles.